The van der Waals surface area contributed by atoms with Gasteiger partial charge in [-0.15, -0.1) is 0 Å². The molecule has 0 radical (unpaired) electrons. The molecular weight excluding hydrogens is 275 g/mol. The average Bonchev–Trinajstić information content (AvgIpc) is 2.37. The average molecular weight is 299 g/mol. The number of benzene rings is 1. The van der Waals surface area contributed by atoms with Crippen molar-refractivity contribution in [2.24, 2.45) is 5.92 Å². The van der Waals surface area contributed by atoms with Crippen LogP contribution in [0.2, 0.25) is 5.02 Å². The number of rotatable bonds is 4. The molecule has 2 atom stereocenters. The lowest BCUT2D eigenvalue weighted by atomic mass is 9.99. The van der Waals surface area contributed by atoms with Crippen molar-refractivity contribution in [2.45, 2.75) is 45.8 Å². The third-order valence-electron chi connectivity index (χ3n) is 3.91. The first-order chi connectivity index (χ1) is 9.45. The minimum atomic E-state index is -0.346. The summed E-state index contributed by atoms with van der Waals surface area (Å²) in [6.45, 7) is 9.61. The van der Waals surface area contributed by atoms with Crippen LogP contribution in [0.3, 0.4) is 0 Å². The van der Waals surface area contributed by atoms with Crippen LogP contribution in [0.15, 0.2) is 18.2 Å². The normalized spacial score (nSPS) is 24.3. The quantitative estimate of drug-likeness (QED) is 0.912. The summed E-state index contributed by atoms with van der Waals surface area (Å²) in [5.74, 6) is 0.351. The highest BCUT2D eigenvalue weighted by Crippen LogP contribution is 2.20. The predicted molar refractivity (Wildman–Crippen MR) is 82.5 cm³/mol. The molecule has 1 N–H and O–H groups in total. The molecule has 1 aliphatic rings. The zero-order chi connectivity index (χ0) is 14.7. The van der Waals surface area contributed by atoms with Crippen LogP contribution < -0.4 is 5.32 Å². The maximum atomic E-state index is 13.2. The Kier molecular flexibility index (Phi) is 5.42. The maximum Gasteiger partial charge on any atom is 0.141 e. The van der Waals surface area contributed by atoms with Crippen molar-refractivity contribution >= 4 is 11.6 Å². The summed E-state index contributed by atoms with van der Waals surface area (Å²) in [7, 11) is 0. The summed E-state index contributed by atoms with van der Waals surface area (Å²) in [4.78, 5) is 2.45. The van der Waals surface area contributed by atoms with Gasteiger partial charge in [0.25, 0.3) is 0 Å². The summed E-state index contributed by atoms with van der Waals surface area (Å²) in [5.41, 5.74) is 1.08. The Labute approximate surface area is 126 Å². The number of halogens is 2. The van der Waals surface area contributed by atoms with Gasteiger partial charge >= 0.3 is 0 Å². The molecule has 1 aromatic rings. The van der Waals surface area contributed by atoms with Gasteiger partial charge in [-0.3, -0.25) is 4.90 Å². The van der Waals surface area contributed by atoms with Crippen LogP contribution in [0.4, 0.5) is 4.39 Å². The standard InChI is InChI=1S/C16H24ClFN2/c1-11(2)6-14-10-20(12(3)8-19-14)9-13-4-5-16(18)15(17)7-13/h4-5,7,11-12,14,19H,6,8-10H2,1-3H3. The third-order valence-corrected chi connectivity index (χ3v) is 4.20. The van der Waals surface area contributed by atoms with E-state index in [9.17, 15) is 4.39 Å². The van der Waals surface area contributed by atoms with E-state index in [0.29, 0.717) is 18.0 Å². The van der Waals surface area contributed by atoms with Gasteiger partial charge in [0.1, 0.15) is 5.82 Å². The van der Waals surface area contributed by atoms with Crippen LogP contribution in [0.5, 0.6) is 0 Å². The Morgan fingerprint density at radius 2 is 2.20 bits per heavy atom. The zero-order valence-corrected chi connectivity index (χ0v) is 13.3. The molecule has 0 saturated carbocycles. The lowest BCUT2D eigenvalue weighted by Gasteiger charge is -2.39. The van der Waals surface area contributed by atoms with Crippen LogP contribution in [0.1, 0.15) is 32.8 Å². The second-order valence-electron chi connectivity index (χ2n) is 6.26. The van der Waals surface area contributed by atoms with Gasteiger partial charge in [0.05, 0.1) is 5.02 Å². The summed E-state index contributed by atoms with van der Waals surface area (Å²) >= 11 is 5.86. The van der Waals surface area contributed by atoms with Crippen LogP contribution in [-0.2, 0) is 6.54 Å². The van der Waals surface area contributed by atoms with Gasteiger partial charge in [-0.25, -0.2) is 4.39 Å². The van der Waals surface area contributed by atoms with Crippen LogP contribution in [-0.4, -0.2) is 30.1 Å². The lowest BCUT2D eigenvalue weighted by molar-refractivity contribution is 0.125. The van der Waals surface area contributed by atoms with Crippen LogP contribution in [0.25, 0.3) is 0 Å². The van der Waals surface area contributed by atoms with E-state index in [1.807, 2.05) is 6.07 Å². The van der Waals surface area contributed by atoms with Gasteiger partial charge in [-0.05, 0) is 37.0 Å². The molecule has 0 spiro atoms. The Hall–Kier alpha value is -0.640. The molecule has 1 heterocycles. The van der Waals surface area contributed by atoms with E-state index in [-0.39, 0.29) is 10.8 Å². The molecule has 20 heavy (non-hydrogen) atoms. The third kappa shape index (κ3) is 4.18. The Morgan fingerprint density at radius 3 is 2.85 bits per heavy atom. The minimum Gasteiger partial charge on any atom is -0.311 e. The second kappa shape index (κ2) is 6.88. The Balaban J connectivity index is 2.00. The Morgan fingerprint density at radius 1 is 1.45 bits per heavy atom. The maximum absolute atomic E-state index is 13.2. The minimum absolute atomic E-state index is 0.212. The Bertz CT molecular complexity index is 450. The molecular formula is C16H24ClFN2. The molecule has 0 bridgehead atoms. The van der Waals surface area contributed by atoms with E-state index in [0.717, 1.165) is 25.2 Å². The molecule has 2 rings (SSSR count). The summed E-state index contributed by atoms with van der Waals surface area (Å²) in [5, 5.41) is 3.82. The molecule has 0 aromatic heterocycles. The van der Waals surface area contributed by atoms with E-state index < -0.39 is 0 Å². The first-order valence-corrected chi connectivity index (χ1v) is 7.75. The first kappa shape index (κ1) is 15.7. The zero-order valence-electron chi connectivity index (χ0n) is 12.5. The molecule has 1 aromatic carbocycles. The highest BCUT2D eigenvalue weighted by Gasteiger charge is 2.25. The van der Waals surface area contributed by atoms with Gasteiger partial charge in [-0.2, -0.15) is 0 Å². The fourth-order valence-electron chi connectivity index (χ4n) is 2.81. The topological polar surface area (TPSA) is 15.3 Å². The van der Waals surface area contributed by atoms with Crippen molar-refractivity contribution in [3.63, 3.8) is 0 Å². The number of piperazine rings is 1. The summed E-state index contributed by atoms with van der Waals surface area (Å²) in [6, 6.07) is 6.05. The fraction of sp³-hybridized carbons (Fsp3) is 0.625. The number of hydrogen-bond donors (Lipinski definition) is 1. The molecule has 0 aliphatic carbocycles. The largest absolute Gasteiger partial charge is 0.311 e. The molecule has 4 heteroatoms. The second-order valence-corrected chi connectivity index (χ2v) is 6.67. The van der Waals surface area contributed by atoms with E-state index in [2.05, 4.69) is 31.0 Å². The van der Waals surface area contributed by atoms with Gasteiger partial charge in [0.2, 0.25) is 0 Å². The van der Waals surface area contributed by atoms with E-state index in [1.165, 1.54) is 12.5 Å². The van der Waals surface area contributed by atoms with E-state index >= 15 is 0 Å². The molecule has 0 amide bonds. The van der Waals surface area contributed by atoms with Crippen molar-refractivity contribution in [2.75, 3.05) is 13.1 Å². The highest BCUT2D eigenvalue weighted by molar-refractivity contribution is 6.30. The first-order valence-electron chi connectivity index (χ1n) is 7.37. The van der Waals surface area contributed by atoms with Crippen molar-refractivity contribution in [1.29, 1.82) is 0 Å². The fourth-order valence-corrected chi connectivity index (χ4v) is 3.02. The molecule has 1 fully saturated rings. The smallest absolute Gasteiger partial charge is 0.141 e. The van der Waals surface area contributed by atoms with Crippen molar-refractivity contribution < 1.29 is 4.39 Å². The summed E-state index contributed by atoms with van der Waals surface area (Å²) < 4.78 is 13.2. The number of nitrogens with zero attached hydrogens (tertiary/aromatic N) is 1. The molecule has 2 unspecified atom stereocenters. The van der Waals surface area contributed by atoms with Crippen molar-refractivity contribution in [3.05, 3.63) is 34.6 Å². The number of hydrogen-bond acceptors (Lipinski definition) is 2. The molecule has 1 saturated heterocycles. The molecule has 1 aliphatic heterocycles. The molecule has 2 nitrogen and oxygen atoms in total. The highest BCUT2D eigenvalue weighted by atomic mass is 35.5. The van der Waals surface area contributed by atoms with Gasteiger partial charge in [0, 0.05) is 31.7 Å². The van der Waals surface area contributed by atoms with Gasteiger partial charge < -0.3 is 5.32 Å². The van der Waals surface area contributed by atoms with Crippen molar-refractivity contribution in [1.82, 2.24) is 10.2 Å². The SMILES string of the molecule is CC(C)CC1CN(Cc2ccc(F)c(Cl)c2)C(C)CN1. The lowest BCUT2D eigenvalue weighted by Crippen LogP contribution is -2.55. The van der Waals surface area contributed by atoms with Crippen LogP contribution >= 0.6 is 11.6 Å². The monoisotopic (exact) mass is 298 g/mol. The van der Waals surface area contributed by atoms with Gasteiger partial charge in [0.15, 0.2) is 0 Å². The van der Waals surface area contributed by atoms with Gasteiger partial charge in [-0.1, -0.05) is 31.5 Å². The van der Waals surface area contributed by atoms with E-state index in [1.54, 1.807) is 6.07 Å². The van der Waals surface area contributed by atoms with Crippen LogP contribution in [0, 0.1) is 11.7 Å². The summed E-state index contributed by atoms with van der Waals surface area (Å²) in [6.07, 6.45) is 1.19. The van der Waals surface area contributed by atoms with E-state index in [4.69, 9.17) is 11.6 Å². The molecule has 112 valence electrons. The van der Waals surface area contributed by atoms with Crippen molar-refractivity contribution in [3.8, 4) is 0 Å². The number of nitrogens with one attached hydrogen (secondary N) is 1. The predicted octanol–water partition coefficient (Wildman–Crippen LogP) is 3.69.